The first kappa shape index (κ1) is 14.3. The summed E-state index contributed by atoms with van der Waals surface area (Å²) in [6, 6.07) is 0. The maximum absolute atomic E-state index is 11.7. The van der Waals surface area contributed by atoms with Crippen molar-refractivity contribution < 1.29 is 19.4 Å². The molecule has 0 saturated carbocycles. The minimum absolute atomic E-state index is 0.215. The Hall–Kier alpha value is -0.750. The maximum Gasteiger partial charge on any atom is 0.329 e. The van der Waals surface area contributed by atoms with Gasteiger partial charge in [0.05, 0.1) is 5.75 Å². The van der Waals surface area contributed by atoms with Gasteiger partial charge in [0.2, 0.25) is 5.91 Å². The number of hydrogen-bond donors (Lipinski definition) is 2. The largest absolute Gasteiger partial charge is 0.480 e. The first-order chi connectivity index (χ1) is 7.96. The van der Waals surface area contributed by atoms with Crippen molar-refractivity contribution in [2.24, 2.45) is 0 Å². The van der Waals surface area contributed by atoms with Gasteiger partial charge >= 0.3 is 5.97 Å². The molecule has 98 valence electrons. The van der Waals surface area contributed by atoms with E-state index in [1.54, 1.807) is 0 Å². The average molecular weight is 261 g/mol. The summed E-state index contributed by atoms with van der Waals surface area (Å²) >= 11 is 1.50. The zero-order valence-electron chi connectivity index (χ0n) is 10.2. The molecule has 0 unspecified atom stereocenters. The van der Waals surface area contributed by atoms with Gasteiger partial charge in [-0.1, -0.05) is 13.8 Å². The zero-order valence-corrected chi connectivity index (χ0v) is 11.0. The van der Waals surface area contributed by atoms with E-state index in [0.717, 1.165) is 0 Å². The molecule has 0 aliphatic carbocycles. The van der Waals surface area contributed by atoms with Gasteiger partial charge in [0, 0.05) is 26.1 Å². The quantitative estimate of drug-likeness (QED) is 0.768. The molecule has 1 fully saturated rings. The molecule has 1 aliphatic heterocycles. The second-order valence-corrected chi connectivity index (χ2v) is 5.97. The summed E-state index contributed by atoms with van der Waals surface area (Å²) < 4.78 is 5.13. The number of carbonyl (C=O) groups is 2. The standard InChI is InChI=1S/C11H19NO4S/c1-8(2)17-7-9(13)12-11(10(14)15)3-5-16-6-4-11/h8H,3-7H2,1-2H3,(H,12,13)(H,14,15). The highest BCUT2D eigenvalue weighted by Gasteiger charge is 2.41. The second-order valence-electron chi connectivity index (χ2n) is 4.41. The fraction of sp³-hybridized carbons (Fsp3) is 0.818. The van der Waals surface area contributed by atoms with Crippen LogP contribution in [0.5, 0.6) is 0 Å². The Bertz CT molecular complexity index is 287. The molecule has 0 bridgehead atoms. The van der Waals surface area contributed by atoms with Crippen LogP contribution in [0.4, 0.5) is 0 Å². The van der Waals surface area contributed by atoms with Gasteiger partial charge in [-0.15, -0.1) is 11.8 Å². The number of ether oxygens (including phenoxy) is 1. The van der Waals surface area contributed by atoms with Crippen LogP contribution in [0.25, 0.3) is 0 Å². The van der Waals surface area contributed by atoms with E-state index < -0.39 is 11.5 Å². The number of carboxylic acid groups (broad SMARTS) is 1. The monoisotopic (exact) mass is 261 g/mol. The summed E-state index contributed by atoms with van der Waals surface area (Å²) in [5.74, 6) is -0.884. The number of carboxylic acids is 1. The second kappa shape index (κ2) is 6.26. The molecule has 1 amide bonds. The Labute approximate surface area is 105 Å². The maximum atomic E-state index is 11.7. The van der Waals surface area contributed by atoms with Gasteiger partial charge in [0.15, 0.2) is 0 Å². The van der Waals surface area contributed by atoms with Crippen LogP contribution in [0.3, 0.4) is 0 Å². The van der Waals surface area contributed by atoms with Crippen molar-refractivity contribution in [3.63, 3.8) is 0 Å². The number of amides is 1. The highest BCUT2D eigenvalue weighted by Crippen LogP contribution is 2.21. The highest BCUT2D eigenvalue weighted by molar-refractivity contribution is 8.00. The molecule has 1 rings (SSSR count). The van der Waals surface area contributed by atoms with Gasteiger partial charge in [0.25, 0.3) is 0 Å². The van der Waals surface area contributed by atoms with Crippen LogP contribution in [0.15, 0.2) is 0 Å². The first-order valence-electron chi connectivity index (χ1n) is 5.70. The van der Waals surface area contributed by atoms with Gasteiger partial charge in [0.1, 0.15) is 5.54 Å². The molecule has 17 heavy (non-hydrogen) atoms. The third-order valence-electron chi connectivity index (χ3n) is 2.68. The smallest absolute Gasteiger partial charge is 0.329 e. The van der Waals surface area contributed by atoms with Crippen LogP contribution in [0.1, 0.15) is 26.7 Å². The number of thioether (sulfide) groups is 1. The molecule has 0 radical (unpaired) electrons. The highest BCUT2D eigenvalue weighted by atomic mass is 32.2. The van der Waals surface area contributed by atoms with E-state index in [-0.39, 0.29) is 5.91 Å². The number of hydrogen-bond acceptors (Lipinski definition) is 4. The van der Waals surface area contributed by atoms with Gasteiger partial charge in [-0.2, -0.15) is 0 Å². The van der Waals surface area contributed by atoms with Crippen molar-refractivity contribution in [2.45, 2.75) is 37.5 Å². The van der Waals surface area contributed by atoms with E-state index in [1.165, 1.54) is 11.8 Å². The molecule has 6 heteroatoms. The number of carbonyl (C=O) groups excluding carboxylic acids is 1. The molecule has 5 nitrogen and oxygen atoms in total. The number of rotatable bonds is 5. The predicted octanol–water partition coefficient (Wildman–Crippen LogP) is 0.878. The summed E-state index contributed by atoms with van der Waals surface area (Å²) in [5, 5.41) is 12.2. The Morgan fingerprint density at radius 1 is 1.41 bits per heavy atom. The van der Waals surface area contributed by atoms with Gasteiger partial charge < -0.3 is 15.2 Å². The molecule has 1 saturated heterocycles. The van der Waals surface area contributed by atoms with Crippen LogP contribution in [-0.4, -0.2) is 46.7 Å². The normalized spacial score (nSPS) is 19.0. The lowest BCUT2D eigenvalue weighted by molar-refractivity contribution is -0.151. The first-order valence-corrected chi connectivity index (χ1v) is 6.75. The lowest BCUT2D eigenvalue weighted by Gasteiger charge is -2.33. The lowest BCUT2D eigenvalue weighted by Crippen LogP contribution is -2.58. The van der Waals surface area contributed by atoms with Crippen molar-refractivity contribution in [2.75, 3.05) is 19.0 Å². The Morgan fingerprint density at radius 3 is 2.47 bits per heavy atom. The Morgan fingerprint density at radius 2 is 2.00 bits per heavy atom. The molecule has 0 spiro atoms. The van der Waals surface area contributed by atoms with Crippen molar-refractivity contribution in [3.05, 3.63) is 0 Å². The van der Waals surface area contributed by atoms with Crippen molar-refractivity contribution in [1.29, 1.82) is 0 Å². The van der Waals surface area contributed by atoms with Crippen LogP contribution >= 0.6 is 11.8 Å². The number of aliphatic carboxylic acids is 1. The van der Waals surface area contributed by atoms with Gasteiger partial charge in [-0.25, -0.2) is 4.79 Å². The van der Waals surface area contributed by atoms with Crippen LogP contribution < -0.4 is 5.32 Å². The topological polar surface area (TPSA) is 75.6 Å². The van der Waals surface area contributed by atoms with E-state index in [4.69, 9.17) is 4.74 Å². The Kier molecular flexibility index (Phi) is 5.27. The van der Waals surface area contributed by atoms with Crippen molar-refractivity contribution in [1.82, 2.24) is 5.32 Å². The summed E-state index contributed by atoms with van der Waals surface area (Å²) in [4.78, 5) is 23.0. The molecule has 0 aromatic rings. The number of nitrogens with one attached hydrogen (secondary N) is 1. The van der Waals surface area contributed by atoms with E-state index in [2.05, 4.69) is 5.32 Å². The predicted molar refractivity (Wildman–Crippen MR) is 66.2 cm³/mol. The van der Waals surface area contributed by atoms with Crippen LogP contribution in [0.2, 0.25) is 0 Å². The molecular weight excluding hydrogens is 242 g/mol. The SMILES string of the molecule is CC(C)SCC(=O)NC1(C(=O)O)CCOCC1. The molecular formula is C11H19NO4S. The molecule has 1 heterocycles. The summed E-state index contributed by atoms with van der Waals surface area (Å²) in [5.41, 5.74) is -1.13. The third-order valence-corrected chi connectivity index (χ3v) is 3.78. The van der Waals surface area contributed by atoms with E-state index in [1.807, 2.05) is 13.8 Å². The molecule has 2 N–H and O–H groups in total. The molecule has 0 aromatic carbocycles. The fourth-order valence-electron chi connectivity index (χ4n) is 1.66. The molecule has 0 atom stereocenters. The van der Waals surface area contributed by atoms with Gasteiger partial charge in [-0.3, -0.25) is 4.79 Å². The fourth-order valence-corrected chi connectivity index (χ4v) is 2.21. The van der Waals surface area contributed by atoms with Crippen molar-refractivity contribution in [3.8, 4) is 0 Å². The Balaban J connectivity index is 2.54. The van der Waals surface area contributed by atoms with E-state index in [0.29, 0.717) is 37.1 Å². The lowest BCUT2D eigenvalue weighted by atomic mass is 9.90. The minimum atomic E-state index is -1.13. The molecule has 0 aromatic heterocycles. The van der Waals surface area contributed by atoms with Crippen LogP contribution in [0, 0.1) is 0 Å². The third kappa shape index (κ3) is 4.20. The van der Waals surface area contributed by atoms with E-state index in [9.17, 15) is 14.7 Å². The van der Waals surface area contributed by atoms with Gasteiger partial charge in [-0.05, 0) is 5.25 Å². The summed E-state index contributed by atoms with van der Waals surface area (Å²) in [6.07, 6.45) is 0.667. The minimum Gasteiger partial charge on any atom is -0.480 e. The average Bonchev–Trinajstić information content (AvgIpc) is 2.27. The van der Waals surface area contributed by atoms with E-state index >= 15 is 0 Å². The summed E-state index contributed by atoms with van der Waals surface area (Å²) in [6.45, 7) is 4.76. The van der Waals surface area contributed by atoms with Crippen LogP contribution in [-0.2, 0) is 14.3 Å². The zero-order chi connectivity index (χ0) is 12.9. The molecule has 1 aliphatic rings. The van der Waals surface area contributed by atoms with Crippen molar-refractivity contribution >= 4 is 23.6 Å². The summed E-state index contributed by atoms with van der Waals surface area (Å²) in [7, 11) is 0.